The Morgan fingerprint density at radius 2 is 2.20 bits per heavy atom. The van der Waals surface area contributed by atoms with E-state index in [1.54, 1.807) is 0 Å². The van der Waals surface area contributed by atoms with Gasteiger partial charge in [0.15, 0.2) is 0 Å². The molecule has 0 spiro atoms. The summed E-state index contributed by atoms with van der Waals surface area (Å²) < 4.78 is 4.91. The number of esters is 1. The highest BCUT2D eigenvalue weighted by molar-refractivity contribution is 5.78. The Labute approximate surface area is 61.6 Å². The topological polar surface area (TPSA) is 26.3 Å². The summed E-state index contributed by atoms with van der Waals surface area (Å²) in [7, 11) is 0. The molecular weight excluding hydrogens is 128 g/mol. The Morgan fingerprint density at radius 1 is 1.50 bits per heavy atom. The molecule has 1 heterocycles. The average molecular weight is 142 g/mol. The maximum Gasteiger partial charge on any atom is 0.313 e. The lowest BCUT2D eigenvalue weighted by Gasteiger charge is -2.34. The summed E-state index contributed by atoms with van der Waals surface area (Å²) in [6, 6.07) is 0. The number of cyclic esters (lactones) is 1. The van der Waals surface area contributed by atoms with Crippen LogP contribution in [0.1, 0.15) is 33.1 Å². The van der Waals surface area contributed by atoms with E-state index >= 15 is 0 Å². The Bertz CT molecular complexity index is 131. The smallest absolute Gasteiger partial charge is 0.313 e. The van der Waals surface area contributed by atoms with E-state index in [0.717, 1.165) is 19.3 Å². The predicted octanol–water partition coefficient (Wildman–Crippen LogP) is 1.74. The van der Waals surface area contributed by atoms with Crippen LogP contribution in [0.25, 0.3) is 0 Å². The molecule has 1 aliphatic heterocycles. The van der Waals surface area contributed by atoms with Gasteiger partial charge in [-0.3, -0.25) is 4.79 Å². The molecule has 0 bridgehead atoms. The number of carbonyl (C=O) groups excluding carboxylic acids is 1. The third-order valence-electron chi connectivity index (χ3n) is 2.02. The van der Waals surface area contributed by atoms with Crippen LogP contribution >= 0.6 is 0 Å². The first-order valence-corrected chi connectivity index (χ1v) is 4.00. The molecule has 0 radical (unpaired) electrons. The van der Waals surface area contributed by atoms with Gasteiger partial charge in [-0.2, -0.15) is 0 Å². The molecular formula is C8H14O2. The average Bonchev–Trinajstić information content (AvgIpc) is 1.95. The summed E-state index contributed by atoms with van der Waals surface area (Å²) in [6.45, 7) is 4.15. The number of hydrogen-bond acceptors (Lipinski definition) is 2. The summed E-state index contributed by atoms with van der Waals surface area (Å²) >= 11 is 0. The third kappa shape index (κ3) is 1.15. The fourth-order valence-electron chi connectivity index (χ4n) is 1.38. The molecule has 1 aliphatic rings. The summed E-state index contributed by atoms with van der Waals surface area (Å²) in [5.41, 5.74) is 0. The zero-order chi connectivity index (χ0) is 7.56. The lowest BCUT2D eigenvalue weighted by Crippen LogP contribution is -2.44. The molecule has 10 heavy (non-hydrogen) atoms. The van der Waals surface area contributed by atoms with Crippen molar-refractivity contribution in [2.75, 3.05) is 0 Å². The van der Waals surface area contributed by atoms with Crippen LogP contribution in [0.15, 0.2) is 0 Å². The molecule has 1 fully saturated rings. The van der Waals surface area contributed by atoms with Crippen LogP contribution in [0, 0.1) is 5.92 Å². The van der Waals surface area contributed by atoms with Gasteiger partial charge in [0.05, 0.1) is 5.92 Å². The summed E-state index contributed by atoms with van der Waals surface area (Å²) in [4.78, 5) is 10.8. The summed E-state index contributed by atoms with van der Waals surface area (Å²) in [6.07, 6.45) is 3.27. The van der Waals surface area contributed by atoms with Crippen molar-refractivity contribution in [3.8, 4) is 0 Å². The van der Waals surface area contributed by atoms with Crippen molar-refractivity contribution >= 4 is 5.97 Å². The fraction of sp³-hybridized carbons (Fsp3) is 0.875. The first-order chi connectivity index (χ1) is 4.79. The van der Waals surface area contributed by atoms with Crippen LogP contribution in [0.3, 0.4) is 0 Å². The monoisotopic (exact) mass is 142 g/mol. The molecule has 0 saturated carbocycles. The molecule has 2 nitrogen and oxygen atoms in total. The van der Waals surface area contributed by atoms with Crippen molar-refractivity contribution in [3.63, 3.8) is 0 Å². The van der Waals surface area contributed by atoms with E-state index in [1.807, 2.05) is 0 Å². The van der Waals surface area contributed by atoms with Gasteiger partial charge in [-0.1, -0.05) is 20.3 Å². The van der Waals surface area contributed by atoms with Crippen molar-refractivity contribution in [1.82, 2.24) is 0 Å². The number of hydrogen-bond donors (Lipinski definition) is 0. The molecule has 1 saturated heterocycles. The molecule has 2 atom stereocenters. The van der Waals surface area contributed by atoms with Crippen LogP contribution in [0.5, 0.6) is 0 Å². The molecule has 0 aromatic rings. The molecule has 0 aliphatic carbocycles. The number of rotatable bonds is 3. The summed E-state index contributed by atoms with van der Waals surface area (Å²) in [5, 5.41) is 0. The predicted molar refractivity (Wildman–Crippen MR) is 38.6 cm³/mol. The highest BCUT2D eigenvalue weighted by atomic mass is 16.6. The Hall–Kier alpha value is -0.530. The van der Waals surface area contributed by atoms with Crippen LogP contribution < -0.4 is 0 Å². The van der Waals surface area contributed by atoms with E-state index in [9.17, 15) is 4.79 Å². The second-order valence-electron chi connectivity index (χ2n) is 2.78. The SMILES string of the molecule is CCC[C@@H]1C(=O)O[C@@H]1CC. The van der Waals surface area contributed by atoms with Crippen molar-refractivity contribution < 1.29 is 9.53 Å². The van der Waals surface area contributed by atoms with Crippen LogP contribution in [-0.4, -0.2) is 12.1 Å². The van der Waals surface area contributed by atoms with Gasteiger partial charge in [0.1, 0.15) is 6.10 Å². The third-order valence-corrected chi connectivity index (χ3v) is 2.02. The molecule has 0 amide bonds. The van der Waals surface area contributed by atoms with Gasteiger partial charge in [-0.15, -0.1) is 0 Å². The van der Waals surface area contributed by atoms with Crippen molar-refractivity contribution in [2.45, 2.75) is 39.2 Å². The lowest BCUT2D eigenvalue weighted by molar-refractivity contribution is -0.185. The standard InChI is InChI=1S/C8H14O2/c1-3-5-6-7(4-2)10-8(6)9/h6-7H,3-5H2,1-2H3/t6-,7+/m0/s1. The minimum absolute atomic E-state index is 0.00806. The van der Waals surface area contributed by atoms with E-state index in [0.29, 0.717) is 0 Å². The first kappa shape index (κ1) is 7.58. The van der Waals surface area contributed by atoms with Crippen LogP contribution in [0.2, 0.25) is 0 Å². The van der Waals surface area contributed by atoms with E-state index in [2.05, 4.69) is 13.8 Å². The quantitative estimate of drug-likeness (QED) is 0.561. The van der Waals surface area contributed by atoms with Gasteiger partial charge >= 0.3 is 5.97 Å². The van der Waals surface area contributed by atoms with Gasteiger partial charge in [0.25, 0.3) is 0 Å². The zero-order valence-corrected chi connectivity index (χ0v) is 6.59. The largest absolute Gasteiger partial charge is 0.461 e. The molecule has 0 unspecified atom stereocenters. The molecule has 1 rings (SSSR count). The van der Waals surface area contributed by atoms with E-state index in [4.69, 9.17) is 4.74 Å². The first-order valence-electron chi connectivity index (χ1n) is 4.00. The maximum atomic E-state index is 10.8. The Balaban J connectivity index is 2.32. The number of ether oxygens (including phenoxy) is 1. The van der Waals surface area contributed by atoms with Crippen LogP contribution in [0.4, 0.5) is 0 Å². The van der Waals surface area contributed by atoms with Crippen molar-refractivity contribution in [2.24, 2.45) is 5.92 Å². The highest BCUT2D eigenvalue weighted by Gasteiger charge is 2.39. The molecule has 58 valence electrons. The van der Waals surface area contributed by atoms with Gasteiger partial charge < -0.3 is 4.74 Å². The van der Waals surface area contributed by atoms with Gasteiger partial charge in [0, 0.05) is 0 Å². The minimum atomic E-state index is 0.00806. The molecule has 0 N–H and O–H groups in total. The van der Waals surface area contributed by atoms with Crippen molar-refractivity contribution in [3.05, 3.63) is 0 Å². The molecule has 0 aromatic heterocycles. The van der Waals surface area contributed by atoms with Gasteiger partial charge in [-0.05, 0) is 12.8 Å². The Kier molecular flexibility index (Phi) is 2.30. The minimum Gasteiger partial charge on any atom is -0.461 e. The second-order valence-corrected chi connectivity index (χ2v) is 2.78. The maximum absolute atomic E-state index is 10.8. The Morgan fingerprint density at radius 3 is 2.60 bits per heavy atom. The zero-order valence-electron chi connectivity index (χ0n) is 6.59. The van der Waals surface area contributed by atoms with Crippen LogP contribution in [-0.2, 0) is 9.53 Å². The molecule has 0 aromatic carbocycles. The van der Waals surface area contributed by atoms with E-state index in [1.165, 1.54) is 0 Å². The highest BCUT2D eigenvalue weighted by Crippen LogP contribution is 2.28. The number of carbonyl (C=O) groups is 1. The molecule has 2 heteroatoms. The fourth-order valence-corrected chi connectivity index (χ4v) is 1.38. The van der Waals surface area contributed by atoms with Gasteiger partial charge in [-0.25, -0.2) is 0 Å². The second kappa shape index (κ2) is 3.04. The van der Waals surface area contributed by atoms with Gasteiger partial charge in [0.2, 0.25) is 0 Å². The van der Waals surface area contributed by atoms with E-state index < -0.39 is 0 Å². The lowest BCUT2D eigenvalue weighted by atomic mass is 9.91. The van der Waals surface area contributed by atoms with E-state index in [-0.39, 0.29) is 18.0 Å². The summed E-state index contributed by atoms with van der Waals surface area (Å²) in [5.74, 6) is 0.226. The van der Waals surface area contributed by atoms with Crippen molar-refractivity contribution in [1.29, 1.82) is 0 Å². The normalized spacial score (nSPS) is 31.2.